The third kappa shape index (κ3) is 5.17. The van der Waals surface area contributed by atoms with Crippen molar-refractivity contribution < 1.29 is 35.5 Å². The van der Waals surface area contributed by atoms with Gasteiger partial charge in [0.15, 0.2) is 9.84 Å². The lowest BCUT2D eigenvalue weighted by molar-refractivity contribution is -0.0220. The maximum Gasteiger partial charge on any atom is 0.335 e. The molecule has 0 spiro atoms. The second kappa shape index (κ2) is 8.49. The van der Waals surface area contributed by atoms with Gasteiger partial charge in [-0.05, 0) is 54.7 Å². The third-order valence-electron chi connectivity index (χ3n) is 6.04. The van der Waals surface area contributed by atoms with E-state index in [1.807, 2.05) is 0 Å². The molecule has 1 heterocycles. The Balaban J connectivity index is 1.78. The Hall–Kier alpha value is -2.73. The number of sulfone groups is 1. The van der Waals surface area contributed by atoms with E-state index in [0.29, 0.717) is 5.56 Å². The summed E-state index contributed by atoms with van der Waals surface area (Å²) < 4.78 is 80.8. The molecule has 8 nitrogen and oxygen atoms in total. The third-order valence-corrected chi connectivity index (χ3v) is 8.57. The van der Waals surface area contributed by atoms with Crippen molar-refractivity contribution in [2.75, 3.05) is 29.0 Å². The van der Waals surface area contributed by atoms with Crippen molar-refractivity contribution in [2.24, 2.45) is 0 Å². The number of carbonyl (C=O) groups is 1. The number of halogens is 2. The highest BCUT2D eigenvalue weighted by Gasteiger charge is 2.36. The minimum atomic E-state index is -4.33. The molecule has 184 valence electrons. The predicted octanol–water partition coefficient (Wildman–Crippen LogP) is 3.70. The van der Waals surface area contributed by atoms with Crippen LogP contribution in [0, 0.1) is 0 Å². The molecule has 1 aliphatic carbocycles. The van der Waals surface area contributed by atoms with E-state index in [-0.39, 0.29) is 45.7 Å². The molecule has 0 unspecified atom stereocenters. The minimum absolute atomic E-state index is 0.0134. The Kier molecular flexibility index (Phi) is 6.09. The smallest absolute Gasteiger partial charge is 0.335 e. The molecule has 0 atom stereocenters. The Morgan fingerprint density at radius 3 is 2.26 bits per heavy atom. The van der Waals surface area contributed by atoms with Crippen molar-refractivity contribution in [1.82, 2.24) is 0 Å². The van der Waals surface area contributed by atoms with Crippen LogP contribution in [0.25, 0.3) is 0 Å². The van der Waals surface area contributed by atoms with Crippen molar-refractivity contribution in [1.29, 1.82) is 0 Å². The molecule has 4 rings (SSSR count). The van der Waals surface area contributed by atoms with Crippen molar-refractivity contribution in [3.8, 4) is 0 Å². The van der Waals surface area contributed by atoms with Crippen LogP contribution in [0.5, 0.6) is 0 Å². The summed E-state index contributed by atoms with van der Waals surface area (Å²) in [6.07, 6.45) is 1.68. The highest BCUT2D eigenvalue weighted by molar-refractivity contribution is 7.92. The van der Waals surface area contributed by atoms with Crippen LogP contribution < -0.4 is 9.62 Å². The van der Waals surface area contributed by atoms with E-state index in [9.17, 15) is 35.5 Å². The maximum atomic E-state index is 13.7. The minimum Gasteiger partial charge on any atom is -0.478 e. The standard InChI is InChI=1S/C22H24F2N2O6S2/c1-33(29,30)16-5-7-19(26-10-8-22(23,24)9-11-26)18(13-16)25-34(31,32)20-12-15(21(27)28)4-6-17(20)14-2-3-14/h4-7,12-14,25H,2-3,8-11H2,1H3,(H,27,28). The summed E-state index contributed by atoms with van der Waals surface area (Å²) >= 11 is 0. The average molecular weight is 515 g/mol. The van der Waals surface area contributed by atoms with Crippen LogP contribution >= 0.6 is 0 Å². The number of carboxylic acid groups (broad SMARTS) is 1. The fourth-order valence-corrected chi connectivity index (χ4v) is 6.05. The second-order valence-corrected chi connectivity index (χ2v) is 12.4. The highest BCUT2D eigenvalue weighted by Crippen LogP contribution is 2.44. The molecule has 34 heavy (non-hydrogen) atoms. The first kappa shape index (κ1) is 24.4. The van der Waals surface area contributed by atoms with Gasteiger partial charge in [0, 0.05) is 32.2 Å². The molecule has 0 bridgehead atoms. The van der Waals surface area contributed by atoms with Gasteiger partial charge in [0.25, 0.3) is 15.9 Å². The van der Waals surface area contributed by atoms with Crippen LogP contribution in [0.1, 0.15) is 47.5 Å². The van der Waals surface area contributed by atoms with Crippen LogP contribution in [-0.2, 0) is 19.9 Å². The fourth-order valence-electron chi connectivity index (χ4n) is 4.01. The fraction of sp³-hybridized carbons (Fsp3) is 0.409. The molecule has 2 fully saturated rings. The molecule has 0 radical (unpaired) electrons. The van der Waals surface area contributed by atoms with Crippen LogP contribution in [0.15, 0.2) is 46.2 Å². The molecular weight excluding hydrogens is 490 g/mol. The topological polar surface area (TPSA) is 121 Å². The highest BCUT2D eigenvalue weighted by atomic mass is 32.2. The summed E-state index contributed by atoms with van der Waals surface area (Å²) in [7, 11) is -8.03. The van der Waals surface area contributed by atoms with E-state index < -0.39 is 44.6 Å². The Labute approximate surface area is 196 Å². The number of nitrogens with one attached hydrogen (secondary N) is 1. The average Bonchev–Trinajstić information content (AvgIpc) is 3.58. The predicted molar refractivity (Wildman–Crippen MR) is 122 cm³/mol. The number of alkyl halides is 2. The summed E-state index contributed by atoms with van der Waals surface area (Å²) in [4.78, 5) is 12.7. The van der Waals surface area contributed by atoms with Gasteiger partial charge >= 0.3 is 5.97 Å². The molecule has 2 N–H and O–H groups in total. The van der Waals surface area contributed by atoms with Crippen molar-refractivity contribution >= 4 is 37.2 Å². The largest absolute Gasteiger partial charge is 0.478 e. The number of carboxylic acids is 1. The Bertz CT molecular complexity index is 1350. The van der Waals surface area contributed by atoms with Gasteiger partial charge in [-0.25, -0.2) is 30.4 Å². The van der Waals surface area contributed by atoms with Crippen LogP contribution in [-0.4, -0.2) is 53.2 Å². The molecular formula is C22H24F2N2O6S2. The Morgan fingerprint density at radius 2 is 1.71 bits per heavy atom. The summed E-state index contributed by atoms with van der Waals surface area (Å²) in [6.45, 7) is -0.0798. The van der Waals surface area contributed by atoms with E-state index in [1.54, 1.807) is 4.90 Å². The van der Waals surface area contributed by atoms with Gasteiger partial charge in [-0.15, -0.1) is 0 Å². The van der Waals surface area contributed by atoms with E-state index in [4.69, 9.17) is 0 Å². The number of aromatic carboxylic acids is 1. The molecule has 1 saturated carbocycles. The lowest BCUT2D eigenvalue weighted by Crippen LogP contribution is -2.39. The molecule has 0 amide bonds. The number of rotatable bonds is 7. The van der Waals surface area contributed by atoms with Gasteiger partial charge in [-0.2, -0.15) is 0 Å². The van der Waals surface area contributed by atoms with Gasteiger partial charge in [0.1, 0.15) is 0 Å². The SMILES string of the molecule is CS(=O)(=O)c1ccc(N2CCC(F)(F)CC2)c(NS(=O)(=O)c2cc(C(=O)O)ccc2C2CC2)c1. The number of anilines is 2. The molecule has 2 aromatic rings. The molecule has 1 aliphatic heterocycles. The van der Waals surface area contributed by atoms with E-state index in [2.05, 4.69) is 4.72 Å². The number of hydrogen-bond donors (Lipinski definition) is 2. The van der Waals surface area contributed by atoms with Gasteiger partial charge in [0.05, 0.1) is 26.7 Å². The molecule has 0 aromatic heterocycles. The zero-order chi connectivity index (χ0) is 24.9. The molecule has 1 saturated heterocycles. The lowest BCUT2D eigenvalue weighted by atomic mass is 10.1. The zero-order valence-electron chi connectivity index (χ0n) is 18.3. The number of sulfonamides is 1. The first-order valence-electron chi connectivity index (χ1n) is 10.6. The summed E-state index contributed by atoms with van der Waals surface area (Å²) in [5, 5.41) is 9.34. The quantitative estimate of drug-likeness (QED) is 0.578. The lowest BCUT2D eigenvalue weighted by Gasteiger charge is -2.34. The molecule has 12 heteroatoms. The monoisotopic (exact) mass is 514 g/mol. The van der Waals surface area contributed by atoms with Gasteiger partial charge in [0.2, 0.25) is 0 Å². The van der Waals surface area contributed by atoms with Crippen molar-refractivity contribution in [3.63, 3.8) is 0 Å². The first-order chi connectivity index (χ1) is 15.8. The van der Waals surface area contributed by atoms with Gasteiger partial charge in [-0.3, -0.25) is 4.72 Å². The van der Waals surface area contributed by atoms with Crippen molar-refractivity contribution in [3.05, 3.63) is 47.5 Å². The van der Waals surface area contributed by atoms with Crippen LogP contribution in [0.2, 0.25) is 0 Å². The number of nitrogens with zero attached hydrogens (tertiary/aromatic N) is 1. The number of piperidine rings is 1. The summed E-state index contributed by atoms with van der Waals surface area (Å²) in [5.74, 6) is -4.12. The maximum absolute atomic E-state index is 13.7. The first-order valence-corrected chi connectivity index (χ1v) is 14.0. The Morgan fingerprint density at radius 1 is 1.06 bits per heavy atom. The van der Waals surface area contributed by atoms with Gasteiger partial charge in [-0.1, -0.05) is 6.07 Å². The van der Waals surface area contributed by atoms with Crippen LogP contribution in [0.4, 0.5) is 20.2 Å². The number of hydrogen-bond acceptors (Lipinski definition) is 6. The summed E-state index contributed by atoms with van der Waals surface area (Å²) in [6, 6.07) is 7.77. The zero-order valence-corrected chi connectivity index (χ0v) is 19.9. The second-order valence-electron chi connectivity index (χ2n) is 8.73. The van der Waals surface area contributed by atoms with E-state index >= 15 is 0 Å². The normalized spacial score (nSPS) is 18.5. The van der Waals surface area contributed by atoms with Gasteiger partial charge < -0.3 is 10.0 Å². The molecule has 2 aliphatic rings. The van der Waals surface area contributed by atoms with E-state index in [0.717, 1.165) is 31.2 Å². The van der Waals surface area contributed by atoms with Crippen molar-refractivity contribution in [2.45, 2.75) is 47.3 Å². The summed E-state index contributed by atoms with van der Waals surface area (Å²) in [5.41, 5.74) is 0.480. The number of benzene rings is 2. The molecule has 2 aromatic carbocycles. The van der Waals surface area contributed by atoms with E-state index in [1.165, 1.54) is 24.3 Å². The van der Waals surface area contributed by atoms with Crippen LogP contribution in [0.3, 0.4) is 0 Å².